The molecule has 0 aliphatic carbocycles. The monoisotopic (exact) mass is 272 g/mol. The third kappa shape index (κ3) is 2.23. The van der Waals surface area contributed by atoms with Crippen LogP contribution in [0.15, 0.2) is 12.1 Å². The smallest absolute Gasteiger partial charge is 0.311 e. The number of carbonyl (C=O) groups is 1. The predicted molar refractivity (Wildman–Crippen MR) is 63.7 cm³/mol. The van der Waals surface area contributed by atoms with Crippen LogP contribution in [-0.4, -0.2) is 25.0 Å². The van der Waals surface area contributed by atoms with Crippen molar-refractivity contribution in [3.63, 3.8) is 0 Å². The van der Waals surface area contributed by atoms with Crippen LogP contribution in [0.5, 0.6) is 11.5 Å². The number of benzene rings is 1. The second-order valence-electron chi connectivity index (χ2n) is 3.99. The number of aliphatic hydroxyl groups excluding tert-OH is 1. The molecule has 0 radical (unpaired) electrons. The minimum Gasteiger partial charge on any atom is -0.469 e. The molecule has 0 amide bonds. The van der Waals surface area contributed by atoms with E-state index in [0.29, 0.717) is 22.1 Å². The van der Waals surface area contributed by atoms with Crippen molar-refractivity contribution in [2.45, 2.75) is 13.0 Å². The molecular formula is C12H13ClO5. The molecule has 18 heavy (non-hydrogen) atoms. The fourth-order valence-corrected chi connectivity index (χ4v) is 2.04. The molecule has 1 N–H and O–H groups in total. The summed E-state index contributed by atoms with van der Waals surface area (Å²) >= 11 is 6.00. The van der Waals surface area contributed by atoms with Gasteiger partial charge in [-0.05, 0) is 24.6 Å². The van der Waals surface area contributed by atoms with Gasteiger partial charge >= 0.3 is 5.97 Å². The topological polar surface area (TPSA) is 65.0 Å². The highest BCUT2D eigenvalue weighted by atomic mass is 35.5. The molecule has 5 nitrogen and oxygen atoms in total. The molecule has 6 heteroatoms. The van der Waals surface area contributed by atoms with E-state index in [1.165, 1.54) is 7.11 Å². The van der Waals surface area contributed by atoms with Crippen LogP contribution in [-0.2, 0) is 9.53 Å². The number of rotatable bonds is 3. The summed E-state index contributed by atoms with van der Waals surface area (Å²) in [5.41, 5.74) is 0.488. The number of aliphatic hydroxyl groups is 1. The van der Waals surface area contributed by atoms with Crippen molar-refractivity contribution in [1.29, 1.82) is 0 Å². The van der Waals surface area contributed by atoms with Crippen molar-refractivity contribution in [1.82, 2.24) is 0 Å². The molecular weight excluding hydrogens is 260 g/mol. The highest BCUT2D eigenvalue weighted by Gasteiger charge is 2.27. The lowest BCUT2D eigenvalue weighted by atomic mass is 9.97. The van der Waals surface area contributed by atoms with Crippen molar-refractivity contribution in [3.05, 3.63) is 22.7 Å². The van der Waals surface area contributed by atoms with Gasteiger partial charge in [0.15, 0.2) is 11.5 Å². The number of methoxy groups -OCH3 is 1. The Labute approximate surface area is 109 Å². The van der Waals surface area contributed by atoms with Gasteiger partial charge in [-0.2, -0.15) is 0 Å². The maximum absolute atomic E-state index is 11.4. The fraction of sp³-hybridized carbons (Fsp3) is 0.417. The average Bonchev–Trinajstić information content (AvgIpc) is 2.84. The van der Waals surface area contributed by atoms with E-state index >= 15 is 0 Å². The summed E-state index contributed by atoms with van der Waals surface area (Å²) < 4.78 is 15.0. The van der Waals surface area contributed by atoms with E-state index in [0.717, 1.165) is 0 Å². The van der Waals surface area contributed by atoms with Crippen LogP contribution in [0.4, 0.5) is 0 Å². The number of hydrogen-bond acceptors (Lipinski definition) is 5. The molecule has 1 aliphatic rings. The molecule has 0 bridgehead atoms. The Hall–Kier alpha value is -1.46. The zero-order valence-electron chi connectivity index (χ0n) is 9.97. The summed E-state index contributed by atoms with van der Waals surface area (Å²) in [6.45, 7) is 1.68. The van der Waals surface area contributed by atoms with E-state index in [-0.39, 0.29) is 6.79 Å². The van der Waals surface area contributed by atoms with Gasteiger partial charge in [-0.25, -0.2) is 0 Å². The lowest BCUT2D eigenvalue weighted by Crippen LogP contribution is -2.20. The molecule has 1 aliphatic heterocycles. The first-order chi connectivity index (χ1) is 8.54. The van der Waals surface area contributed by atoms with Crippen molar-refractivity contribution in [3.8, 4) is 11.5 Å². The van der Waals surface area contributed by atoms with Crippen LogP contribution in [0, 0.1) is 5.92 Å². The predicted octanol–water partition coefficient (Wildman–Crippen LogP) is 1.91. The normalized spacial score (nSPS) is 16.2. The van der Waals surface area contributed by atoms with E-state index in [9.17, 15) is 9.90 Å². The molecule has 1 aromatic carbocycles. The Balaban J connectivity index is 2.29. The summed E-state index contributed by atoms with van der Waals surface area (Å²) in [5.74, 6) is -0.255. The first-order valence-corrected chi connectivity index (χ1v) is 5.77. The lowest BCUT2D eigenvalue weighted by molar-refractivity contribution is -0.148. The van der Waals surface area contributed by atoms with E-state index in [4.69, 9.17) is 21.1 Å². The Morgan fingerprint density at radius 1 is 1.50 bits per heavy atom. The summed E-state index contributed by atoms with van der Waals surface area (Å²) in [6.07, 6.45) is -1.01. The van der Waals surface area contributed by atoms with E-state index in [2.05, 4.69) is 4.74 Å². The number of esters is 1. The Kier molecular flexibility index (Phi) is 3.63. The summed E-state index contributed by atoms with van der Waals surface area (Å²) in [5, 5.41) is 10.4. The molecule has 2 atom stereocenters. The number of hydrogen-bond donors (Lipinski definition) is 1. The van der Waals surface area contributed by atoms with Gasteiger partial charge in [-0.15, -0.1) is 0 Å². The van der Waals surface area contributed by atoms with Crippen LogP contribution in [0.25, 0.3) is 0 Å². The number of ether oxygens (including phenoxy) is 3. The third-order valence-electron chi connectivity index (χ3n) is 2.84. The molecule has 2 rings (SSSR count). The average molecular weight is 273 g/mol. The van der Waals surface area contributed by atoms with Crippen LogP contribution >= 0.6 is 11.6 Å². The summed E-state index contributed by atoms with van der Waals surface area (Å²) in [4.78, 5) is 11.4. The Morgan fingerprint density at radius 3 is 2.89 bits per heavy atom. The second kappa shape index (κ2) is 5.04. The van der Waals surface area contributed by atoms with Crippen molar-refractivity contribution in [2.24, 2.45) is 5.92 Å². The van der Waals surface area contributed by atoms with Gasteiger partial charge in [0, 0.05) is 0 Å². The quantitative estimate of drug-likeness (QED) is 0.852. The minimum absolute atomic E-state index is 0.0984. The van der Waals surface area contributed by atoms with Crippen LogP contribution < -0.4 is 9.47 Å². The highest BCUT2D eigenvalue weighted by Crippen LogP contribution is 2.41. The van der Waals surface area contributed by atoms with Crippen molar-refractivity contribution in [2.75, 3.05) is 13.9 Å². The van der Waals surface area contributed by atoms with Gasteiger partial charge in [0.1, 0.15) is 0 Å². The zero-order chi connectivity index (χ0) is 13.3. The molecule has 0 spiro atoms. The highest BCUT2D eigenvalue weighted by molar-refractivity contribution is 6.32. The molecule has 0 fully saturated rings. The largest absolute Gasteiger partial charge is 0.469 e. The summed E-state index contributed by atoms with van der Waals surface area (Å²) in [6, 6.07) is 3.16. The molecule has 0 aromatic heterocycles. The molecule has 98 valence electrons. The van der Waals surface area contributed by atoms with E-state index in [1.807, 2.05) is 0 Å². The van der Waals surface area contributed by atoms with Gasteiger partial charge in [0.25, 0.3) is 0 Å². The maximum atomic E-state index is 11.4. The van der Waals surface area contributed by atoms with Crippen molar-refractivity contribution >= 4 is 17.6 Å². The minimum atomic E-state index is -1.01. The molecule has 1 aromatic rings. The van der Waals surface area contributed by atoms with Crippen LogP contribution in [0.3, 0.4) is 0 Å². The summed E-state index contributed by atoms with van der Waals surface area (Å²) in [7, 11) is 1.28. The zero-order valence-corrected chi connectivity index (χ0v) is 10.7. The molecule has 2 unspecified atom stereocenters. The Morgan fingerprint density at radius 2 is 2.22 bits per heavy atom. The number of carbonyl (C=O) groups excluding carboxylic acids is 1. The van der Waals surface area contributed by atoms with Gasteiger partial charge in [0.2, 0.25) is 6.79 Å². The lowest BCUT2D eigenvalue weighted by Gasteiger charge is -2.17. The van der Waals surface area contributed by atoms with E-state index < -0.39 is 18.0 Å². The van der Waals surface area contributed by atoms with Crippen LogP contribution in [0.2, 0.25) is 5.02 Å². The SMILES string of the molecule is COC(=O)C(C)C(O)c1cc(Cl)c2c(c1)OCO2. The van der Waals surface area contributed by atoms with Gasteiger partial charge in [0.05, 0.1) is 24.2 Å². The molecule has 1 heterocycles. The fourth-order valence-electron chi connectivity index (χ4n) is 1.76. The van der Waals surface area contributed by atoms with Gasteiger partial charge in [-0.3, -0.25) is 4.79 Å². The van der Waals surface area contributed by atoms with Crippen molar-refractivity contribution < 1.29 is 24.1 Å². The standard InChI is InChI=1S/C12H13ClO5/c1-6(12(15)16-2)10(14)7-3-8(13)11-9(4-7)17-5-18-11/h3-4,6,10,14H,5H2,1-2H3. The van der Waals surface area contributed by atoms with Gasteiger partial charge < -0.3 is 19.3 Å². The van der Waals surface area contributed by atoms with Crippen LogP contribution in [0.1, 0.15) is 18.6 Å². The van der Waals surface area contributed by atoms with E-state index in [1.54, 1.807) is 19.1 Å². The van der Waals surface area contributed by atoms with Gasteiger partial charge in [-0.1, -0.05) is 11.6 Å². The second-order valence-corrected chi connectivity index (χ2v) is 4.40. The molecule has 0 saturated carbocycles. The first kappa shape index (κ1) is 13.0. The third-order valence-corrected chi connectivity index (χ3v) is 3.12. The first-order valence-electron chi connectivity index (χ1n) is 5.39. The Bertz CT molecular complexity index is 474. The number of halogens is 1. The number of fused-ring (bicyclic) bond motifs is 1. The molecule has 0 saturated heterocycles. The maximum Gasteiger partial charge on any atom is 0.311 e.